The first kappa shape index (κ1) is 25.8. The lowest BCUT2D eigenvalue weighted by molar-refractivity contribution is -0.118. The Morgan fingerprint density at radius 3 is 2.56 bits per heavy atom. The van der Waals surface area contributed by atoms with Gasteiger partial charge in [-0.15, -0.1) is 0 Å². The van der Waals surface area contributed by atoms with Crippen molar-refractivity contribution in [3.8, 4) is 5.06 Å². The summed E-state index contributed by atoms with van der Waals surface area (Å²) in [6.07, 6.45) is 0.586. The topological polar surface area (TPSA) is 100 Å². The zero-order valence-corrected chi connectivity index (χ0v) is 21.0. The largest absolute Gasteiger partial charge is 0.449 e. The molecule has 0 saturated heterocycles. The maximum absolute atomic E-state index is 13.0. The lowest BCUT2D eigenvalue weighted by Gasteiger charge is -2.19. The second kappa shape index (κ2) is 12.0. The van der Waals surface area contributed by atoms with Gasteiger partial charge < -0.3 is 29.9 Å². The summed E-state index contributed by atoms with van der Waals surface area (Å²) < 4.78 is 10.8. The van der Waals surface area contributed by atoms with E-state index in [1.54, 1.807) is 26.2 Å². The van der Waals surface area contributed by atoms with Gasteiger partial charge in [-0.2, -0.15) is 0 Å². The summed E-state index contributed by atoms with van der Waals surface area (Å²) in [4.78, 5) is 40.7. The SMILES string of the molecule is CN1CCc2ccc(NC(=O)C(CCOC(=O)N(C)C)NC(=O)Oc3ccc(Cl)s3)cc2CC1. The number of anilines is 1. The van der Waals surface area contributed by atoms with E-state index in [-0.39, 0.29) is 13.0 Å². The van der Waals surface area contributed by atoms with Crippen LogP contribution in [0.15, 0.2) is 30.3 Å². The number of hydrogen-bond acceptors (Lipinski definition) is 7. The summed E-state index contributed by atoms with van der Waals surface area (Å²) in [6, 6.07) is 8.05. The summed E-state index contributed by atoms with van der Waals surface area (Å²) in [6.45, 7) is 1.88. The third-order valence-electron chi connectivity index (χ3n) is 5.35. The van der Waals surface area contributed by atoms with Crippen molar-refractivity contribution in [1.82, 2.24) is 15.1 Å². The Labute approximate surface area is 208 Å². The van der Waals surface area contributed by atoms with Crippen LogP contribution in [0.3, 0.4) is 0 Å². The van der Waals surface area contributed by atoms with E-state index in [4.69, 9.17) is 21.1 Å². The summed E-state index contributed by atoms with van der Waals surface area (Å²) in [5, 5.41) is 5.72. The van der Waals surface area contributed by atoms with E-state index in [0.717, 1.165) is 37.3 Å². The fraction of sp³-hybridized carbons (Fsp3) is 0.435. The Morgan fingerprint density at radius 1 is 1.15 bits per heavy atom. The molecule has 3 rings (SSSR count). The molecule has 1 unspecified atom stereocenters. The monoisotopic (exact) mass is 508 g/mol. The Kier molecular flexibility index (Phi) is 9.14. The first-order chi connectivity index (χ1) is 16.2. The quantitative estimate of drug-likeness (QED) is 0.592. The predicted molar refractivity (Wildman–Crippen MR) is 132 cm³/mol. The van der Waals surface area contributed by atoms with Crippen LogP contribution < -0.4 is 15.4 Å². The maximum atomic E-state index is 13.0. The number of nitrogens with zero attached hydrogens (tertiary/aromatic N) is 2. The van der Waals surface area contributed by atoms with Gasteiger partial charge in [0.1, 0.15) is 6.04 Å². The molecule has 184 valence electrons. The van der Waals surface area contributed by atoms with Crippen molar-refractivity contribution < 1.29 is 23.9 Å². The fourth-order valence-electron chi connectivity index (χ4n) is 3.42. The molecule has 1 aliphatic heterocycles. The molecule has 34 heavy (non-hydrogen) atoms. The number of carbonyl (C=O) groups excluding carboxylic acids is 3. The Hall–Kier alpha value is -2.82. The van der Waals surface area contributed by atoms with Crippen LogP contribution in [0.1, 0.15) is 17.5 Å². The third-order valence-corrected chi connectivity index (χ3v) is 6.46. The van der Waals surface area contributed by atoms with Crippen molar-refractivity contribution in [2.45, 2.75) is 25.3 Å². The smallest absolute Gasteiger partial charge is 0.414 e. The number of rotatable bonds is 7. The molecule has 1 aromatic carbocycles. The Morgan fingerprint density at radius 2 is 1.88 bits per heavy atom. The normalized spacial score (nSPS) is 14.4. The van der Waals surface area contributed by atoms with Crippen LogP contribution in [0.25, 0.3) is 0 Å². The number of nitrogens with one attached hydrogen (secondary N) is 2. The number of benzene rings is 1. The highest BCUT2D eigenvalue weighted by molar-refractivity contribution is 7.17. The Bertz CT molecular complexity index is 1030. The molecule has 0 aliphatic carbocycles. The number of fused-ring (bicyclic) bond motifs is 1. The first-order valence-corrected chi connectivity index (χ1v) is 12.1. The molecule has 0 spiro atoms. The minimum atomic E-state index is -0.983. The van der Waals surface area contributed by atoms with E-state index in [1.807, 2.05) is 18.2 Å². The van der Waals surface area contributed by atoms with E-state index in [1.165, 1.54) is 16.0 Å². The van der Waals surface area contributed by atoms with Crippen LogP contribution in [-0.2, 0) is 22.4 Å². The van der Waals surface area contributed by atoms with Gasteiger partial charge in [-0.05, 0) is 55.3 Å². The van der Waals surface area contributed by atoms with Crippen LogP contribution in [-0.4, -0.2) is 74.8 Å². The highest BCUT2D eigenvalue weighted by Crippen LogP contribution is 2.28. The van der Waals surface area contributed by atoms with Gasteiger partial charge in [0.05, 0.1) is 10.9 Å². The Balaban J connectivity index is 1.66. The van der Waals surface area contributed by atoms with Crippen molar-refractivity contribution in [2.75, 3.05) is 46.2 Å². The van der Waals surface area contributed by atoms with Gasteiger partial charge in [-0.3, -0.25) is 4.79 Å². The molecular weight excluding hydrogens is 480 g/mol. The minimum absolute atomic E-state index is 0.0588. The summed E-state index contributed by atoms with van der Waals surface area (Å²) in [5.41, 5.74) is 3.11. The summed E-state index contributed by atoms with van der Waals surface area (Å²) >= 11 is 6.97. The lowest BCUT2D eigenvalue weighted by atomic mass is 10.0. The second-order valence-electron chi connectivity index (χ2n) is 8.22. The van der Waals surface area contributed by atoms with E-state index < -0.39 is 24.1 Å². The average Bonchev–Trinajstić information content (AvgIpc) is 3.10. The number of hydrogen-bond donors (Lipinski definition) is 2. The van der Waals surface area contributed by atoms with Gasteiger partial charge in [-0.25, -0.2) is 9.59 Å². The maximum Gasteiger partial charge on any atom is 0.414 e. The summed E-state index contributed by atoms with van der Waals surface area (Å²) in [7, 11) is 5.21. The highest BCUT2D eigenvalue weighted by Gasteiger charge is 2.24. The minimum Gasteiger partial charge on any atom is -0.449 e. The van der Waals surface area contributed by atoms with Crippen LogP contribution >= 0.6 is 22.9 Å². The van der Waals surface area contributed by atoms with Crippen molar-refractivity contribution in [3.05, 3.63) is 45.8 Å². The molecule has 2 N–H and O–H groups in total. The molecule has 2 aromatic rings. The van der Waals surface area contributed by atoms with Crippen LogP contribution in [0.5, 0.6) is 5.06 Å². The zero-order valence-electron chi connectivity index (χ0n) is 19.4. The van der Waals surface area contributed by atoms with Gasteiger partial charge in [-0.1, -0.05) is 29.0 Å². The van der Waals surface area contributed by atoms with Gasteiger partial charge in [0.25, 0.3) is 0 Å². The third kappa shape index (κ3) is 7.61. The van der Waals surface area contributed by atoms with E-state index in [9.17, 15) is 14.4 Å². The standard InChI is InChI=1S/C23H29ClN4O5S/c1-27(2)23(31)32-13-10-18(26-22(30)33-20-7-6-19(24)34-20)21(29)25-17-5-4-15-8-11-28(3)12-9-16(15)14-17/h4-7,14,18H,8-13H2,1-3H3,(H,25,29)(H,26,30). The van der Waals surface area contributed by atoms with Crippen molar-refractivity contribution >= 4 is 46.7 Å². The molecular formula is C23H29ClN4O5S. The number of likely N-dealkylation sites (N-methyl/N-ethyl adjacent to an activating group) is 1. The number of carbonyl (C=O) groups is 3. The van der Waals surface area contributed by atoms with Gasteiger partial charge in [0, 0.05) is 39.3 Å². The zero-order chi connectivity index (χ0) is 24.7. The first-order valence-electron chi connectivity index (χ1n) is 10.9. The van der Waals surface area contributed by atoms with Gasteiger partial charge in [0.2, 0.25) is 5.91 Å². The molecule has 1 aromatic heterocycles. The number of halogens is 1. The summed E-state index contributed by atoms with van der Waals surface area (Å²) in [5.74, 6) is -0.437. The molecule has 2 heterocycles. The van der Waals surface area contributed by atoms with Gasteiger partial charge >= 0.3 is 12.2 Å². The highest BCUT2D eigenvalue weighted by atomic mass is 35.5. The van der Waals surface area contributed by atoms with Crippen molar-refractivity contribution in [2.24, 2.45) is 0 Å². The van der Waals surface area contributed by atoms with E-state index in [2.05, 4.69) is 22.6 Å². The predicted octanol–water partition coefficient (Wildman–Crippen LogP) is 3.62. The lowest BCUT2D eigenvalue weighted by Crippen LogP contribution is -2.45. The molecule has 9 nitrogen and oxygen atoms in total. The molecule has 0 bridgehead atoms. The van der Waals surface area contributed by atoms with Crippen LogP contribution in [0.4, 0.5) is 15.3 Å². The molecule has 0 fully saturated rings. The number of ether oxygens (including phenoxy) is 2. The van der Waals surface area contributed by atoms with E-state index >= 15 is 0 Å². The van der Waals surface area contributed by atoms with Crippen LogP contribution in [0.2, 0.25) is 4.34 Å². The van der Waals surface area contributed by atoms with Crippen molar-refractivity contribution in [1.29, 1.82) is 0 Å². The fourth-order valence-corrected chi connectivity index (χ4v) is 4.29. The molecule has 0 radical (unpaired) electrons. The number of amides is 3. The molecule has 0 saturated carbocycles. The average molecular weight is 509 g/mol. The second-order valence-corrected chi connectivity index (χ2v) is 9.90. The van der Waals surface area contributed by atoms with Crippen LogP contribution in [0, 0.1) is 0 Å². The molecule has 1 atom stereocenters. The molecule has 3 amide bonds. The van der Waals surface area contributed by atoms with Crippen molar-refractivity contribution in [3.63, 3.8) is 0 Å². The van der Waals surface area contributed by atoms with E-state index in [0.29, 0.717) is 15.1 Å². The van der Waals surface area contributed by atoms with Gasteiger partial charge in [0.15, 0.2) is 5.06 Å². The molecule has 1 aliphatic rings. The number of thiophene rings is 1. The molecule has 11 heteroatoms.